The van der Waals surface area contributed by atoms with Gasteiger partial charge in [-0.15, -0.1) is 0 Å². The van der Waals surface area contributed by atoms with E-state index in [4.69, 9.17) is 11.5 Å². The summed E-state index contributed by atoms with van der Waals surface area (Å²) in [6, 6.07) is -0.221. The summed E-state index contributed by atoms with van der Waals surface area (Å²) in [6.07, 6.45) is 6.31. The molecule has 0 aromatic heterocycles. The van der Waals surface area contributed by atoms with E-state index in [2.05, 4.69) is 5.32 Å². The van der Waals surface area contributed by atoms with Crippen molar-refractivity contribution >= 4 is 11.8 Å². The Hall–Kier alpha value is -1.10. The first-order valence-electron chi connectivity index (χ1n) is 6.79. The zero-order valence-corrected chi connectivity index (χ0v) is 11.2. The topological polar surface area (TPSA) is 98.2 Å². The number of nitrogens with one attached hydrogen (secondary N) is 1. The van der Waals surface area contributed by atoms with E-state index in [0.717, 1.165) is 25.7 Å². The predicted octanol–water partition coefficient (Wildman–Crippen LogP) is 0.666. The number of amides is 2. The minimum atomic E-state index is -0.442. The third kappa shape index (κ3) is 3.98. The van der Waals surface area contributed by atoms with Gasteiger partial charge in [0.2, 0.25) is 11.8 Å². The fourth-order valence-corrected chi connectivity index (χ4v) is 2.66. The summed E-state index contributed by atoms with van der Waals surface area (Å²) < 4.78 is 0. The third-order valence-corrected chi connectivity index (χ3v) is 3.82. The molecule has 2 amide bonds. The molecule has 5 nitrogen and oxygen atoms in total. The van der Waals surface area contributed by atoms with Crippen LogP contribution in [0.25, 0.3) is 0 Å². The molecule has 1 unspecified atom stereocenters. The van der Waals surface area contributed by atoms with Crippen molar-refractivity contribution in [2.45, 2.75) is 57.9 Å². The Morgan fingerprint density at radius 3 is 2.22 bits per heavy atom. The Kier molecular flexibility index (Phi) is 5.59. The maximum absolute atomic E-state index is 12.4. The molecular formula is C13H25N3O2. The first kappa shape index (κ1) is 15.0. The first-order chi connectivity index (χ1) is 8.50. The summed E-state index contributed by atoms with van der Waals surface area (Å²) in [7, 11) is 0. The van der Waals surface area contributed by atoms with Gasteiger partial charge in [0.15, 0.2) is 0 Å². The van der Waals surface area contributed by atoms with E-state index in [1.807, 2.05) is 0 Å². The lowest BCUT2D eigenvalue weighted by Gasteiger charge is -2.31. The summed E-state index contributed by atoms with van der Waals surface area (Å²) in [4.78, 5) is 23.2. The Bertz CT molecular complexity index is 297. The van der Waals surface area contributed by atoms with Crippen molar-refractivity contribution in [2.75, 3.05) is 6.54 Å². The number of nitrogens with two attached hydrogens (primary N) is 2. The van der Waals surface area contributed by atoms with Crippen molar-refractivity contribution in [1.82, 2.24) is 5.32 Å². The average molecular weight is 255 g/mol. The van der Waals surface area contributed by atoms with Crippen molar-refractivity contribution in [2.24, 2.45) is 16.9 Å². The SMILES string of the molecule is CC(CC(N)=O)NC(=O)C1(CN)CCCCCC1. The third-order valence-electron chi connectivity index (χ3n) is 3.82. The monoisotopic (exact) mass is 255 g/mol. The van der Waals surface area contributed by atoms with Gasteiger partial charge < -0.3 is 16.8 Å². The van der Waals surface area contributed by atoms with E-state index in [-0.39, 0.29) is 18.4 Å². The van der Waals surface area contributed by atoms with Crippen LogP contribution in [0.5, 0.6) is 0 Å². The molecule has 0 aromatic carbocycles. The molecule has 1 aliphatic rings. The van der Waals surface area contributed by atoms with Crippen molar-refractivity contribution in [1.29, 1.82) is 0 Å². The van der Waals surface area contributed by atoms with E-state index in [0.29, 0.717) is 6.54 Å². The van der Waals surface area contributed by atoms with Gasteiger partial charge in [-0.2, -0.15) is 0 Å². The van der Waals surface area contributed by atoms with E-state index in [9.17, 15) is 9.59 Å². The average Bonchev–Trinajstić information content (AvgIpc) is 2.53. The van der Waals surface area contributed by atoms with Crippen LogP contribution in [0.2, 0.25) is 0 Å². The highest BCUT2D eigenvalue weighted by molar-refractivity contribution is 5.84. The summed E-state index contributed by atoms with van der Waals surface area (Å²) in [5.41, 5.74) is 10.5. The second-order valence-electron chi connectivity index (χ2n) is 5.44. The fraction of sp³-hybridized carbons (Fsp3) is 0.846. The summed E-state index contributed by atoms with van der Waals surface area (Å²) >= 11 is 0. The molecule has 0 aliphatic heterocycles. The van der Waals surface area contributed by atoms with Gasteiger partial charge in [0.25, 0.3) is 0 Å². The van der Waals surface area contributed by atoms with Crippen LogP contribution in [-0.4, -0.2) is 24.4 Å². The highest BCUT2D eigenvalue weighted by Crippen LogP contribution is 2.34. The number of carbonyl (C=O) groups is 2. The van der Waals surface area contributed by atoms with Crippen molar-refractivity contribution in [3.63, 3.8) is 0 Å². The van der Waals surface area contributed by atoms with Crippen molar-refractivity contribution in [3.05, 3.63) is 0 Å². The molecule has 1 aliphatic carbocycles. The molecule has 5 N–H and O–H groups in total. The Morgan fingerprint density at radius 1 is 1.22 bits per heavy atom. The molecule has 0 spiro atoms. The van der Waals surface area contributed by atoms with Crippen molar-refractivity contribution < 1.29 is 9.59 Å². The summed E-state index contributed by atoms with van der Waals surface area (Å²) in [5, 5.41) is 2.88. The molecule has 0 heterocycles. The maximum Gasteiger partial charge on any atom is 0.227 e. The lowest BCUT2D eigenvalue weighted by Crippen LogP contribution is -2.49. The minimum absolute atomic E-state index is 0.0133. The van der Waals surface area contributed by atoms with Gasteiger partial charge in [-0.3, -0.25) is 9.59 Å². The summed E-state index contributed by atoms with van der Waals surface area (Å²) in [5.74, 6) is -0.411. The largest absolute Gasteiger partial charge is 0.370 e. The van der Waals surface area contributed by atoms with Crippen LogP contribution in [0.15, 0.2) is 0 Å². The number of primary amides is 1. The van der Waals surface area contributed by atoms with Gasteiger partial charge in [-0.05, 0) is 19.8 Å². The standard InChI is InChI=1S/C13H25N3O2/c1-10(8-11(15)17)16-12(18)13(9-14)6-4-2-3-5-7-13/h10H,2-9,14H2,1H3,(H2,15,17)(H,16,18). The number of hydrogen-bond donors (Lipinski definition) is 3. The predicted molar refractivity (Wildman–Crippen MR) is 70.6 cm³/mol. The second kappa shape index (κ2) is 6.73. The molecule has 1 atom stereocenters. The minimum Gasteiger partial charge on any atom is -0.370 e. The molecular weight excluding hydrogens is 230 g/mol. The van der Waals surface area contributed by atoms with Crippen LogP contribution in [0.4, 0.5) is 0 Å². The molecule has 0 saturated heterocycles. The van der Waals surface area contributed by atoms with Crippen LogP contribution < -0.4 is 16.8 Å². The second-order valence-corrected chi connectivity index (χ2v) is 5.44. The van der Waals surface area contributed by atoms with Gasteiger partial charge in [-0.1, -0.05) is 25.7 Å². The molecule has 1 saturated carbocycles. The van der Waals surface area contributed by atoms with Crippen LogP contribution >= 0.6 is 0 Å². The lowest BCUT2D eigenvalue weighted by molar-refractivity contribution is -0.132. The van der Waals surface area contributed by atoms with Gasteiger partial charge >= 0.3 is 0 Å². The highest BCUT2D eigenvalue weighted by Gasteiger charge is 2.37. The molecule has 1 rings (SSSR count). The highest BCUT2D eigenvalue weighted by atomic mass is 16.2. The number of hydrogen-bond acceptors (Lipinski definition) is 3. The lowest BCUT2D eigenvalue weighted by atomic mass is 9.79. The Balaban J connectivity index is 2.62. The van der Waals surface area contributed by atoms with Gasteiger partial charge in [0.1, 0.15) is 0 Å². The molecule has 5 heteroatoms. The van der Waals surface area contributed by atoms with E-state index >= 15 is 0 Å². The Morgan fingerprint density at radius 2 is 1.78 bits per heavy atom. The fourth-order valence-electron chi connectivity index (χ4n) is 2.66. The van der Waals surface area contributed by atoms with E-state index < -0.39 is 11.3 Å². The maximum atomic E-state index is 12.4. The van der Waals surface area contributed by atoms with E-state index in [1.54, 1.807) is 6.92 Å². The molecule has 0 aromatic rings. The first-order valence-corrected chi connectivity index (χ1v) is 6.79. The molecule has 104 valence electrons. The smallest absolute Gasteiger partial charge is 0.227 e. The van der Waals surface area contributed by atoms with Crippen LogP contribution in [0.1, 0.15) is 51.9 Å². The summed E-state index contributed by atoms with van der Waals surface area (Å²) in [6.45, 7) is 2.17. The van der Waals surface area contributed by atoms with Crippen molar-refractivity contribution in [3.8, 4) is 0 Å². The quantitative estimate of drug-likeness (QED) is 0.629. The number of rotatable bonds is 5. The normalized spacial score (nSPS) is 20.8. The van der Waals surface area contributed by atoms with Gasteiger partial charge in [0, 0.05) is 19.0 Å². The van der Waals surface area contributed by atoms with Crippen LogP contribution in [0, 0.1) is 5.41 Å². The molecule has 0 bridgehead atoms. The van der Waals surface area contributed by atoms with Gasteiger partial charge in [-0.25, -0.2) is 0 Å². The molecule has 18 heavy (non-hydrogen) atoms. The van der Waals surface area contributed by atoms with Crippen LogP contribution in [0.3, 0.4) is 0 Å². The molecule has 0 radical (unpaired) electrons. The Labute approximate surface area is 109 Å². The van der Waals surface area contributed by atoms with Gasteiger partial charge in [0.05, 0.1) is 5.41 Å². The molecule has 1 fully saturated rings. The zero-order valence-electron chi connectivity index (χ0n) is 11.2. The van der Waals surface area contributed by atoms with E-state index in [1.165, 1.54) is 12.8 Å². The number of carbonyl (C=O) groups excluding carboxylic acids is 2. The van der Waals surface area contributed by atoms with Crippen LogP contribution in [-0.2, 0) is 9.59 Å². The zero-order chi connectivity index (χ0) is 13.6.